The maximum absolute atomic E-state index is 9.05. The van der Waals surface area contributed by atoms with Gasteiger partial charge in [-0.05, 0) is 6.04 Å². The Morgan fingerprint density at radius 2 is 1.00 bits per heavy atom. The monoisotopic (exact) mass is 301 g/mol. The highest BCUT2D eigenvalue weighted by Crippen LogP contribution is 2.40. The lowest BCUT2D eigenvalue weighted by molar-refractivity contribution is 1.19. The third-order valence-corrected chi connectivity index (χ3v) is 78.9. The highest BCUT2D eigenvalue weighted by Gasteiger charge is 2.60. The lowest BCUT2D eigenvalue weighted by Gasteiger charge is -2.57. The summed E-state index contributed by atoms with van der Waals surface area (Å²) in [5.74, 6) is 0. The standard InChI is InChI=1S/C12H31NSi4/c1-14(2,3)17(12-10-11-13,15(4,5)6)16(7,8)9/h10,12H2,1-9H3. The molecule has 0 fully saturated rings. The molecule has 0 N–H and O–H groups in total. The van der Waals surface area contributed by atoms with Crippen molar-refractivity contribution < 1.29 is 0 Å². The lowest BCUT2D eigenvalue weighted by atomic mass is 10.6. The highest BCUT2D eigenvalue weighted by atomic mass is 29.9. The smallest absolute Gasteiger partial charge is 0.0618 e. The SMILES string of the molecule is C[Si](C)(C)[Si](CCC#N)([Si](C)(C)C)[Si](C)(C)C. The van der Waals surface area contributed by atoms with Crippen LogP contribution in [-0.2, 0) is 0 Å². The maximum Gasteiger partial charge on any atom is 0.0618 e. The average molecular weight is 302 g/mol. The van der Waals surface area contributed by atoms with Crippen LogP contribution in [0.1, 0.15) is 6.42 Å². The lowest BCUT2D eigenvalue weighted by Crippen LogP contribution is -2.82. The molecule has 100 valence electrons. The minimum atomic E-state index is -1.23. The number of rotatable bonds is 5. The van der Waals surface area contributed by atoms with E-state index in [1.165, 1.54) is 6.04 Å². The van der Waals surface area contributed by atoms with E-state index in [9.17, 15) is 0 Å². The molecular formula is C12H31NSi4. The fraction of sp³-hybridized carbons (Fsp3) is 0.917. The summed E-state index contributed by atoms with van der Waals surface area (Å²) in [5, 5.41) is 9.05. The molecule has 0 rings (SSSR count). The largest absolute Gasteiger partial charge is 0.198 e. The quantitative estimate of drug-likeness (QED) is 0.681. The van der Waals surface area contributed by atoms with Gasteiger partial charge in [-0.2, -0.15) is 5.26 Å². The molecule has 0 spiro atoms. The molecule has 0 aromatic heterocycles. The first kappa shape index (κ1) is 17.4. The molecule has 0 saturated carbocycles. The molecule has 0 amide bonds. The first-order valence-electron chi connectivity index (χ1n) is 6.68. The Morgan fingerprint density at radius 1 is 0.706 bits per heavy atom. The minimum absolute atomic E-state index is 0.811. The number of nitriles is 1. The van der Waals surface area contributed by atoms with Crippen molar-refractivity contribution in [2.45, 2.75) is 71.4 Å². The zero-order valence-electron chi connectivity index (χ0n) is 13.4. The Kier molecular flexibility index (Phi) is 5.26. The summed E-state index contributed by atoms with van der Waals surface area (Å²) in [5.41, 5.74) is 0. The molecule has 0 aliphatic rings. The van der Waals surface area contributed by atoms with Gasteiger partial charge in [-0.25, -0.2) is 0 Å². The summed E-state index contributed by atoms with van der Waals surface area (Å²) in [6, 6.07) is 3.74. The van der Waals surface area contributed by atoms with Crippen molar-refractivity contribution in [3.8, 4) is 6.07 Å². The fourth-order valence-corrected chi connectivity index (χ4v) is 103. The van der Waals surface area contributed by atoms with Crippen molar-refractivity contribution in [1.29, 1.82) is 5.26 Å². The van der Waals surface area contributed by atoms with Gasteiger partial charge in [0.05, 0.1) is 6.07 Å². The van der Waals surface area contributed by atoms with Crippen molar-refractivity contribution >= 4 is 29.4 Å². The van der Waals surface area contributed by atoms with Crippen molar-refractivity contribution in [3.63, 3.8) is 0 Å². The van der Waals surface area contributed by atoms with Crippen LogP contribution in [0.25, 0.3) is 0 Å². The van der Waals surface area contributed by atoms with Crippen molar-refractivity contribution in [2.75, 3.05) is 0 Å². The molecule has 0 aliphatic heterocycles. The molecule has 0 heterocycles. The number of hydrogen-bond donors (Lipinski definition) is 0. The van der Waals surface area contributed by atoms with Crippen LogP contribution in [0.5, 0.6) is 0 Å². The highest BCUT2D eigenvalue weighted by molar-refractivity contribution is 7.89. The number of nitrogens with zero attached hydrogens (tertiary/aromatic N) is 1. The Labute approximate surface area is 112 Å². The van der Waals surface area contributed by atoms with Crippen molar-refractivity contribution in [3.05, 3.63) is 0 Å². The molecule has 0 aliphatic carbocycles. The summed E-state index contributed by atoms with van der Waals surface area (Å²) in [4.78, 5) is 0. The second-order valence-corrected chi connectivity index (χ2v) is 49.8. The summed E-state index contributed by atoms with van der Waals surface area (Å²) < 4.78 is 0. The molecule has 0 saturated heterocycles. The molecule has 0 atom stereocenters. The zero-order chi connectivity index (χ0) is 14.1. The molecule has 0 aromatic carbocycles. The summed E-state index contributed by atoms with van der Waals surface area (Å²) in [6.07, 6.45) is 0.811. The average Bonchev–Trinajstić information content (AvgIpc) is 1.96. The summed E-state index contributed by atoms with van der Waals surface area (Å²) in [7, 11) is -3.40. The third kappa shape index (κ3) is 3.22. The van der Waals surface area contributed by atoms with E-state index in [-0.39, 0.29) is 0 Å². The molecular weight excluding hydrogens is 270 g/mol. The first-order valence-corrected chi connectivity index (χ1v) is 22.4. The first-order chi connectivity index (χ1) is 7.31. The molecule has 0 radical (unpaired) electrons. The van der Waals surface area contributed by atoms with Gasteiger partial charge in [0, 0.05) is 35.8 Å². The normalized spacial score (nSPS) is 14.6. The van der Waals surface area contributed by atoms with Gasteiger partial charge >= 0.3 is 0 Å². The number of hydrogen-bond acceptors (Lipinski definition) is 1. The zero-order valence-corrected chi connectivity index (χ0v) is 17.4. The van der Waals surface area contributed by atoms with Gasteiger partial charge in [0.1, 0.15) is 0 Å². The van der Waals surface area contributed by atoms with E-state index >= 15 is 0 Å². The van der Waals surface area contributed by atoms with E-state index in [4.69, 9.17) is 5.26 Å². The Hall–Kier alpha value is 0.358. The van der Waals surface area contributed by atoms with Crippen LogP contribution in [-0.4, -0.2) is 29.4 Å². The van der Waals surface area contributed by atoms with E-state index in [2.05, 4.69) is 65.0 Å². The van der Waals surface area contributed by atoms with E-state index in [0.717, 1.165) is 6.42 Å². The van der Waals surface area contributed by atoms with Crippen LogP contribution in [0.15, 0.2) is 0 Å². The summed E-state index contributed by atoms with van der Waals surface area (Å²) >= 11 is 0. The van der Waals surface area contributed by atoms with Gasteiger partial charge in [-0.15, -0.1) is 0 Å². The van der Waals surface area contributed by atoms with Crippen LogP contribution in [0, 0.1) is 11.3 Å². The van der Waals surface area contributed by atoms with Crippen molar-refractivity contribution in [1.82, 2.24) is 0 Å². The van der Waals surface area contributed by atoms with Gasteiger partial charge in [0.15, 0.2) is 0 Å². The van der Waals surface area contributed by atoms with E-state index < -0.39 is 29.4 Å². The molecule has 5 heteroatoms. The summed E-state index contributed by atoms with van der Waals surface area (Å²) in [6.45, 7) is 22.1. The minimum Gasteiger partial charge on any atom is -0.198 e. The Bertz CT molecular complexity index is 262. The maximum atomic E-state index is 9.05. The molecule has 1 nitrogen and oxygen atoms in total. The van der Waals surface area contributed by atoms with Crippen LogP contribution in [0.3, 0.4) is 0 Å². The van der Waals surface area contributed by atoms with E-state index in [1.54, 1.807) is 0 Å². The van der Waals surface area contributed by atoms with Crippen LogP contribution in [0.4, 0.5) is 0 Å². The Balaban J connectivity index is 5.85. The molecule has 0 aromatic rings. The predicted molar refractivity (Wildman–Crippen MR) is 90.8 cm³/mol. The third-order valence-electron chi connectivity index (χ3n) is 4.45. The van der Waals surface area contributed by atoms with Gasteiger partial charge < -0.3 is 0 Å². The van der Waals surface area contributed by atoms with Crippen molar-refractivity contribution in [2.24, 2.45) is 0 Å². The van der Waals surface area contributed by atoms with Gasteiger partial charge in [-0.1, -0.05) is 58.9 Å². The molecule has 17 heavy (non-hydrogen) atoms. The van der Waals surface area contributed by atoms with Crippen LogP contribution < -0.4 is 0 Å². The van der Waals surface area contributed by atoms with Crippen LogP contribution >= 0.6 is 0 Å². The Morgan fingerprint density at radius 3 is 1.18 bits per heavy atom. The second-order valence-electron chi connectivity index (χ2n) is 8.31. The van der Waals surface area contributed by atoms with E-state index in [0.29, 0.717) is 0 Å². The predicted octanol–water partition coefficient (Wildman–Crippen LogP) is 4.60. The topological polar surface area (TPSA) is 23.8 Å². The second kappa shape index (κ2) is 5.15. The molecule has 0 unspecified atom stereocenters. The van der Waals surface area contributed by atoms with E-state index in [1.807, 2.05) is 0 Å². The van der Waals surface area contributed by atoms with Gasteiger partial charge in [0.25, 0.3) is 0 Å². The van der Waals surface area contributed by atoms with Gasteiger partial charge in [0.2, 0.25) is 0 Å². The van der Waals surface area contributed by atoms with Crippen LogP contribution in [0.2, 0.25) is 65.0 Å². The van der Waals surface area contributed by atoms with Gasteiger partial charge in [-0.3, -0.25) is 0 Å². The fourth-order valence-electron chi connectivity index (χ4n) is 4.74. The molecule has 0 bridgehead atoms.